The van der Waals surface area contributed by atoms with Crippen molar-refractivity contribution in [2.75, 3.05) is 12.3 Å². The molecule has 2 aliphatic rings. The molecule has 4 atom stereocenters. The van der Waals surface area contributed by atoms with Crippen LogP contribution in [0.25, 0.3) is 0 Å². The summed E-state index contributed by atoms with van der Waals surface area (Å²) >= 11 is 2.24. The minimum Gasteiger partial charge on any atom is -0.313 e. The maximum atomic E-state index is 3.82. The van der Waals surface area contributed by atoms with E-state index in [1.807, 2.05) is 0 Å². The van der Waals surface area contributed by atoms with Gasteiger partial charge in [0.25, 0.3) is 0 Å². The lowest BCUT2D eigenvalue weighted by Gasteiger charge is -2.39. The molecular weight excluding hydrogens is 226 g/mol. The Morgan fingerprint density at radius 1 is 1.18 bits per heavy atom. The summed E-state index contributed by atoms with van der Waals surface area (Å²) in [4.78, 5) is 0. The van der Waals surface area contributed by atoms with Gasteiger partial charge in [0.05, 0.1) is 0 Å². The zero-order valence-corrected chi connectivity index (χ0v) is 12.4. The van der Waals surface area contributed by atoms with Gasteiger partial charge < -0.3 is 5.32 Å². The van der Waals surface area contributed by atoms with Crippen molar-refractivity contribution in [2.24, 2.45) is 11.8 Å². The van der Waals surface area contributed by atoms with E-state index in [0.29, 0.717) is 0 Å². The van der Waals surface area contributed by atoms with Crippen LogP contribution in [0.1, 0.15) is 58.8 Å². The van der Waals surface area contributed by atoms with Crippen molar-refractivity contribution in [2.45, 2.75) is 70.1 Å². The average Bonchev–Trinajstić information content (AvgIpc) is 2.37. The van der Waals surface area contributed by atoms with Crippen LogP contribution in [0.4, 0.5) is 0 Å². The van der Waals surface area contributed by atoms with Gasteiger partial charge in [0.1, 0.15) is 0 Å². The Bertz CT molecular complexity index is 213. The summed E-state index contributed by atoms with van der Waals surface area (Å²) in [5, 5.41) is 4.72. The van der Waals surface area contributed by atoms with Crippen LogP contribution < -0.4 is 5.32 Å². The predicted molar refractivity (Wildman–Crippen MR) is 78.7 cm³/mol. The first-order valence-corrected chi connectivity index (χ1v) is 8.71. The van der Waals surface area contributed by atoms with Crippen molar-refractivity contribution in [1.82, 2.24) is 5.32 Å². The van der Waals surface area contributed by atoms with E-state index in [9.17, 15) is 0 Å². The van der Waals surface area contributed by atoms with Crippen LogP contribution in [0, 0.1) is 11.8 Å². The molecule has 2 fully saturated rings. The Morgan fingerprint density at radius 3 is 2.71 bits per heavy atom. The lowest BCUT2D eigenvalue weighted by atomic mass is 9.77. The van der Waals surface area contributed by atoms with Gasteiger partial charge >= 0.3 is 0 Å². The Balaban J connectivity index is 1.94. The normalized spacial score (nSPS) is 36.7. The molecule has 2 heteroatoms. The van der Waals surface area contributed by atoms with Crippen LogP contribution in [0.15, 0.2) is 0 Å². The summed E-state index contributed by atoms with van der Waals surface area (Å²) in [6, 6.07) is 0.799. The molecule has 0 aromatic carbocycles. The Hall–Kier alpha value is 0.310. The second-order valence-corrected chi connectivity index (χ2v) is 7.37. The summed E-state index contributed by atoms with van der Waals surface area (Å²) in [6.45, 7) is 5.86. The van der Waals surface area contributed by atoms with Crippen molar-refractivity contribution >= 4 is 11.8 Å². The van der Waals surface area contributed by atoms with E-state index in [1.54, 1.807) is 0 Å². The third-order valence-corrected chi connectivity index (χ3v) is 6.02. The second-order valence-electron chi connectivity index (χ2n) is 6.02. The van der Waals surface area contributed by atoms with Crippen molar-refractivity contribution < 1.29 is 0 Å². The van der Waals surface area contributed by atoms with Crippen molar-refractivity contribution in [3.05, 3.63) is 0 Å². The van der Waals surface area contributed by atoms with Gasteiger partial charge in [-0.2, -0.15) is 11.8 Å². The maximum absolute atomic E-state index is 3.82. The fraction of sp³-hybridized carbons (Fsp3) is 1.00. The molecule has 100 valence electrons. The number of rotatable bonds is 4. The molecule has 2 rings (SSSR count). The van der Waals surface area contributed by atoms with Gasteiger partial charge in [-0.3, -0.25) is 0 Å². The number of hydrogen-bond acceptors (Lipinski definition) is 2. The minimum atomic E-state index is 0.799. The third kappa shape index (κ3) is 3.89. The highest BCUT2D eigenvalue weighted by atomic mass is 32.2. The van der Waals surface area contributed by atoms with Gasteiger partial charge in [0.2, 0.25) is 0 Å². The highest BCUT2D eigenvalue weighted by Crippen LogP contribution is 2.37. The van der Waals surface area contributed by atoms with Crippen LogP contribution in [0.2, 0.25) is 0 Å². The monoisotopic (exact) mass is 255 g/mol. The molecule has 0 radical (unpaired) electrons. The molecule has 4 unspecified atom stereocenters. The maximum Gasteiger partial charge on any atom is 0.0214 e. The summed E-state index contributed by atoms with van der Waals surface area (Å²) in [7, 11) is 0. The van der Waals surface area contributed by atoms with Gasteiger partial charge in [-0.1, -0.05) is 33.1 Å². The molecule has 1 saturated carbocycles. The van der Waals surface area contributed by atoms with E-state index in [4.69, 9.17) is 0 Å². The number of hydrogen-bond donors (Lipinski definition) is 1. The second kappa shape index (κ2) is 7.04. The van der Waals surface area contributed by atoms with E-state index < -0.39 is 0 Å². The quantitative estimate of drug-likeness (QED) is 0.812. The zero-order valence-electron chi connectivity index (χ0n) is 11.6. The van der Waals surface area contributed by atoms with Crippen LogP contribution in [-0.4, -0.2) is 23.6 Å². The zero-order chi connectivity index (χ0) is 12.1. The molecule has 0 amide bonds. The van der Waals surface area contributed by atoms with Gasteiger partial charge in [-0.25, -0.2) is 0 Å². The van der Waals surface area contributed by atoms with E-state index in [0.717, 1.165) is 29.7 Å². The first kappa shape index (κ1) is 13.7. The minimum absolute atomic E-state index is 0.799. The standard InChI is InChI=1S/C15H29NS/c1-3-16-15(14-9-4-5-10-17-14)13-8-6-7-12(2)11-13/h12-16H,3-11H2,1-2H3. The molecule has 1 N–H and O–H groups in total. The molecule has 1 aliphatic carbocycles. The number of nitrogens with one attached hydrogen (secondary N) is 1. The van der Waals surface area contributed by atoms with E-state index in [-0.39, 0.29) is 0 Å². The molecule has 1 nitrogen and oxygen atoms in total. The highest BCUT2D eigenvalue weighted by molar-refractivity contribution is 8.00. The van der Waals surface area contributed by atoms with E-state index in [2.05, 4.69) is 30.9 Å². The molecule has 0 aromatic heterocycles. The third-order valence-electron chi connectivity index (χ3n) is 4.54. The molecule has 1 aliphatic heterocycles. The summed E-state index contributed by atoms with van der Waals surface area (Å²) < 4.78 is 0. The molecule has 1 saturated heterocycles. The van der Waals surface area contributed by atoms with Gasteiger partial charge in [-0.05, 0) is 49.8 Å². The van der Waals surface area contributed by atoms with E-state index >= 15 is 0 Å². The molecule has 0 bridgehead atoms. The first-order valence-electron chi connectivity index (χ1n) is 7.66. The fourth-order valence-electron chi connectivity index (χ4n) is 3.69. The van der Waals surface area contributed by atoms with Gasteiger partial charge in [0.15, 0.2) is 0 Å². The Kier molecular flexibility index (Phi) is 5.68. The average molecular weight is 255 g/mol. The van der Waals surface area contributed by atoms with Crippen molar-refractivity contribution in [3.8, 4) is 0 Å². The summed E-state index contributed by atoms with van der Waals surface area (Å²) in [5.74, 6) is 3.31. The topological polar surface area (TPSA) is 12.0 Å². The summed E-state index contributed by atoms with van der Waals surface area (Å²) in [5.41, 5.74) is 0. The number of thioether (sulfide) groups is 1. The summed E-state index contributed by atoms with van der Waals surface area (Å²) in [6.07, 6.45) is 10.2. The SMILES string of the molecule is CCNC(C1CCCC(C)C1)C1CCCCS1. The van der Waals surface area contributed by atoms with Gasteiger partial charge in [0, 0.05) is 11.3 Å². The first-order chi connectivity index (χ1) is 8.31. The lowest BCUT2D eigenvalue weighted by molar-refractivity contribution is 0.216. The Labute approximate surface area is 112 Å². The largest absolute Gasteiger partial charge is 0.313 e. The van der Waals surface area contributed by atoms with Crippen molar-refractivity contribution in [3.63, 3.8) is 0 Å². The van der Waals surface area contributed by atoms with Crippen LogP contribution in [-0.2, 0) is 0 Å². The molecule has 0 spiro atoms. The van der Waals surface area contributed by atoms with Gasteiger partial charge in [-0.15, -0.1) is 0 Å². The smallest absolute Gasteiger partial charge is 0.0214 e. The molecular formula is C15H29NS. The fourth-order valence-corrected chi connectivity index (χ4v) is 5.23. The highest BCUT2D eigenvalue weighted by Gasteiger charge is 2.32. The molecule has 0 aromatic rings. The predicted octanol–water partition coefficient (Wildman–Crippen LogP) is 4.08. The van der Waals surface area contributed by atoms with Crippen molar-refractivity contribution in [1.29, 1.82) is 0 Å². The van der Waals surface area contributed by atoms with Crippen LogP contribution in [0.3, 0.4) is 0 Å². The molecule has 17 heavy (non-hydrogen) atoms. The van der Waals surface area contributed by atoms with Crippen LogP contribution in [0.5, 0.6) is 0 Å². The Morgan fingerprint density at radius 2 is 2.06 bits per heavy atom. The van der Waals surface area contributed by atoms with Crippen LogP contribution >= 0.6 is 11.8 Å². The lowest BCUT2D eigenvalue weighted by Crippen LogP contribution is -2.46. The van der Waals surface area contributed by atoms with E-state index in [1.165, 1.54) is 50.7 Å². The molecule has 1 heterocycles.